The molecule has 110 valence electrons. The number of nitrogens with one attached hydrogen (secondary N) is 1. The molecule has 1 saturated heterocycles. The van der Waals surface area contributed by atoms with Gasteiger partial charge in [0.2, 0.25) is 0 Å². The van der Waals surface area contributed by atoms with Crippen molar-refractivity contribution in [2.24, 2.45) is 0 Å². The van der Waals surface area contributed by atoms with E-state index in [1.165, 1.54) is 11.3 Å². The molecule has 0 aromatic carbocycles. The van der Waals surface area contributed by atoms with Gasteiger partial charge in [-0.2, -0.15) is 0 Å². The van der Waals surface area contributed by atoms with Gasteiger partial charge < -0.3 is 15.0 Å². The average Bonchev–Trinajstić information content (AvgIpc) is 3.08. The van der Waals surface area contributed by atoms with Crippen molar-refractivity contribution >= 4 is 23.1 Å². The zero-order valence-electron chi connectivity index (χ0n) is 11.5. The van der Waals surface area contributed by atoms with Crippen LogP contribution in [-0.2, 0) is 11.3 Å². The summed E-state index contributed by atoms with van der Waals surface area (Å²) in [6, 6.07) is 5.54. The van der Waals surface area contributed by atoms with Crippen LogP contribution in [0.3, 0.4) is 0 Å². The van der Waals surface area contributed by atoms with E-state index in [9.17, 15) is 4.79 Å². The average molecular weight is 304 g/mol. The molecule has 0 saturated carbocycles. The molecule has 1 amide bonds. The number of carbonyl (C=O) groups excluding carboxylic acids is 1. The van der Waals surface area contributed by atoms with Gasteiger partial charge in [-0.15, -0.1) is 11.3 Å². The fourth-order valence-electron chi connectivity index (χ4n) is 2.10. The predicted molar refractivity (Wildman–Crippen MR) is 80.6 cm³/mol. The van der Waals surface area contributed by atoms with E-state index in [-0.39, 0.29) is 5.91 Å². The number of anilines is 1. The summed E-state index contributed by atoms with van der Waals surface area (Å²) in [5, 5.41) is 4.71. The fourth-order valence-corrected chi connectivity index (χ4v) is 2.74. The first-order chi connectivity index (χ1) is 10.3. The van der Waals surface area contributed by atoms with E-state index in [2.05, 4.69) is 20.2 Å². The number of hydrogen-bond acceptors (Lipinski definition) is 6. The summed E-state index contributed by atoms with van der Waals surface area (Å²) in [5.41, 5.74) is 0. The Morgan fingerprint density at radius 2 is 2.24 bits per heavy atom. The summed E-state index contributed by atoms with van der Waals surface area (Å²) in [7, 11) is 0. The molecule has 1 fully saturated rings. The molecule has 1 aliphatic heterocycles. The molecular formula is C14H16N4O2S. The monoisotopic (exact) mass is 304 g/mol. The maximum atomic E-state index is 11.9. The van der Waals surface area contributed by atoms with Crippen LogP contribution >= 0.6 is 11.3 Å². The smallest absolute Gasteiger partial charge is 0.261 e. The van der Waals surface area contributed by atoms with Crippen LogP contribution in [0, 0.1) is 0 Å². The van der Waals surface area contributed by atoms with E-state index in [4.69, 9.17) is 4.74 Å². The summed E-state index contributed by atoms with van der Waals surface area (Å²) in [4.78, 5) is 23.4. The molecule has 0 atom stereocenters. The lowest BCUT2D eigenvalue weighted by Crippen LogP contribution is -2.37. The Labute approximate surface area is 126 Å². The molecule has 0 bridgehead atoms. The van der Waals surface area contributed by atoms with Crippen molar-refractivity contribution in [1.82, 2.24) is 15.3 Å². The molecule has 21 heavy (non-hydrogen) atoms. The lowest BCUT2D eigenvalue weighted by atomic mass is 10.4. The highest BCUT2D eigenvalue weighted by molar-refractivity contribution is 7.12. The standard InChI is InChI=1S/C14H16N4O2S/c19-14(11-2-1-9-21-11)16-10-12-15-4-3-13(17-12)18-5-7-20-8-6-18/h1-4,9H,5-8,10H2,(H,16,19). The molecule has 3 rings (SSSR count). The Morgan fingerprint density at radius 1 is 1.38 bits per heavy atom. The Hall–Kier alpha value is -1.99. The molecule has 2 aromatic heterocycles. The Bertz CT molecular complexity index is 597. The highest BCUT2D eigenvalue weighted by Crippen LogP contribution is 2.12. The summed E-state index contributed by atoms with van der Waals surface area (Å²) >= 11 is 1.42. The second-order valence-electron chi connectivity index (χ2n) is 4.59. The topological polar surface area (TPSA) is 67.4 Å². The third kappa shape index (κ3) is 3.56. The molecule has 0 unspecified atom stereocenters. The maximum absolute atomic E-state index is 11.9. The SMILES string of the molecule is O=C(NCc1nccc(N2CCOCC2)n1)c1cccs1. The molecule has 6 nitrogen and oxygen atoms in total. The number of morpholine rings is 1. The summed E-state index contributed by atoms with van der Waals surface area (Å²) in [6.07, 6.45) is 1.73. The van der Waals surface area contributed by atoms with Crippen molar-refractivity contribution in [2.75, 3.05) is 31.2 Å². The minimum Gasteiger partial charge on any atom is -0.378 e. The summed E-state index contributed by atoms with van der Waals surface area (Å²) in [5.74, 6) is 1.41. The quantitative estimate of drug-likeness (QED) is 0.922. The third-order valence-electron chi connectivity index (χ3n) is 3.18. The van der Waals surface area contributed by atoms with Gasteiger partial charge in [-0.3, -0.25) is 4.79 Å². The van der Waals surface area contributed by atoms with Gasteiger partial charge in [0.1, 0.15) is 11.6 Å². The Morgan fingerprint density at radius 3 is 3.00 bits per heavy atom. The van der Waals surface area contributed by atoms with Crippen molar-refractivity contribution in [3.05, 3.63) is 40.5 Å². The zero-order chi connectivity index (χ0) is 14.5. The minimum absolute atomic E-state index is 0.0922. The molecular weight excluding hydrogens is 288 g/mol. The number of hydrogen-bond donors (Lipinski definition) is 1. The van der Waals surface area contributed by atoms with Gasteiger partial charge in [0.25, 0.3) is 5.91 Å². The molecule has 1 N–H and O–H groups in total. The predicted octanol–water partition coefficient (Wildman–Crippen LogP) is 1.30. The highest BCUT2D eigenvalue weighted by atomic mass is 32.1. The minimum atomic E-state index is -0.0922. The van der Waals surface area contributed by atoms with Crippen LogP contribution in [-0.4, -0.2) is 42.2 Å². The van der Waals surface area contributed by atoms with Gasteiger partial charge in [-0.05, 0) is 17.5 Å². The van der Waals surface area contributed by atoms with Crippen LogP contribution < -0.4 is 10.2 Å². The van der Waals surface area contributed by atoms with E-state index in [0.717, 1.165) is 18.9 Å². The van der Waals surface area contributed by atoms with Crippen LogP contribution in [0.5, 0.6) is 0 Å². The lowest BCUT2D eigenvalue weighted by Gasteiger charge is -2.27. The van der Waals surface area contributed by atoms with E-state index >= 15 is 0 Å². The van der Waals surface area contributed by atoms with Crippen LogP contribution in [0.2, 0.25) is 0 Å². The molecule has 7 heteroatoms. The lowest BCUT2D eigenvalue weighted by molar-refractivity contribution is 0.0954. The van der Waals surface area contributed by atoms with Crippen LogP contribution in [0.25, 0.3) is 0 Å². The van der Waals surface area contributed by atoms with Gasteiger partial charge in [0, 0.05) is 19.3 Å². The second kappa shape index (κ2) is 6.64. The number of nitrogens with zero attached hydrogens (tertiary/aromatic N) is 3. The molecule has 0 radical (unpaired) electrons. The van der Waals surface area contributed by atoms with Crippen molar-refractivity contribution in [1.29, 1.82) is 0 Å². The maximum Gasteiger partial charge on any atom is 0.261 e. The molecule has 2 aromatic rings. The van der Waals surface area contributed by atoms with Gasteiger partial charge in [0.05, 0.1) is 24.6 Å². The summed E-state index contributed by atoms with van der Waals surface area (Å²) < 4.78 is 5.33. The van der Waals surface area contributed by atoms with E-state index in [1.807, 2.05) is 17.5 Å². The number of aromatic nitrogens is 2. The van der Waals surface area contributed by atoms with Crippen molar-refractivity contribution < 1.29 is 9.53 Å². The fraction of sp³-hybridized carbons (Fsp3) is 0.357. The second-order valence-corrected chi connectivity index (χ2v) is 5.54. The van der Waals surface area contributed by atoms with Gasteiger partial charge >= 0.3 is 0 Å². The van der Waals surface area contributed by atoms with Crippen LogP contribution in [0.15, 0.2) is 29.8 Å². The summed E-state index contributed by atoms with van der Waals surface area (Å²) in [6.45, 7) is 3.42. The number of carbonyl (C=O) groups is 1. The zero-order valence-corrected chi connectivity index (χ0v) is 12.3. The first-order valence-corrected chi connectivity index (χ1v) is 7.67. The molecule has 0 spiro atoms. The molecule has 0 aliphatic carbocycles. The normalized spacial score (nSPS) is 15.0. The highest BCUT2D eigenvalue weighted by Gasteiger charge is 2.13. The molecule has 3 heterocycles. The van der Waals surface area contributed by atoms with Crippen molar-refractivity contribution in [3.8, 4) is 0 Å². The van der Waals surface area contributed by atoms with Crippen molar-refractivity contribution in [2.45, 2.75) is 6.54 Å². The van der Waals surface area contributed by atoms with Gasteiger partial charge in [-0.1, -0.05) is 6.07 Å². The van der Waals surface area contributed by atoms with Crippen molar-refractivity contribution in [3.63, 3.8) is 0 Å². The van der Waals surface area contributed by atoms with Gasteiger partial charge in [-0.25, -0.2) is 9.97 Å². The van der Waals surface area contributed by atoms with Gasteiger partial charge in [0.15, 0.2) is 0 Å². The van der Waals surface area contributed by atoms with E-state index in [1.54, 1.807) is 12.3 Å². The first-order valence-electron chi connectivity index (χ1n) is 6.79. The number of rotatable bonds is 4. The Kier molecular flexibility index (Phi) is 4.42. The third-order valence-corrected chi connectivity index (χ3v) is 4.05. The first kappa shape index (κ1) is 14.0. The molecule has 1 aliphatic rings. The number of amides is 1. The number of ether oxygens (including phenoxy) is 1. The van der Waals surface area contributed by atoms with E-state index < -0.39 is 0 Å². The van der Waals surface area contributed by atoms with Crippen LogP contribution in [0.4, 0.5) is 5.82 Å². The largest absolute Gasteiger partial charge is 0.378 e. The number of thiophene rings is 1. The van der Waals surface area contributed by atoms with Crippen LogP contribution in [0.1, 0.15) is 15.5 Å². The Balaban J connectivity index is 1.62. The van der Waals surface area contributed by atoms with E-state index in [0.29, 0.717) is 30.5 Å².